The molecular formula is C21H38O7Si. The van der Waals surface area contributed by atoms with Crippen molar-refractivity contribution in [1.82, 2.24) is 0 Å². The van der Waals surface area contributed by atoms with E-state index < -0.39 is 32.3 Å². The van der Waals surface area contributed by atoms with Crippen molar-refractivity contribution < 1.29 is 32.8 Å². The number of fused-ring (bicyclic) bond motifs is 1. The smallest absolute Gasteiger partial charge is 0.261 e. The summed E-state index contributed by atoms with van der Waals surface area (Å²) in [4.78, 5) is 0. The molecule has 168 valence electrons. The number of hydrogen-bond donors (Lipinski definition) is 0. The first kappa shape index (κ1) is 23.0. The molecule has 0 aliphatic carbocycles. The molecule has 3 aliphatic heterocycles. The Bertz CT molecular complexity index is 611. The van der Waals surface area contributed by atoms with E-state index in [1.807, 2.05) is 33.8 Å². The molecule has 0 bridgehead atoms. The SMILES string of the molecule is CC(C)C/C=C(\O[C@@H]1[C@H]2OC(C)(C)O[C@H]2O[C@@H]1[C@H]1COC(C)(C)O1)O[Si](C)(C)C. The first-order chi connectivity index (χ1) is 13.2. The predicted molar refractivity (Wildman–Crippen MR) is 110 cm³/mol. The van der Waals surface area contributed by atoms with Crippen molar-refractivity contribution >= 4 is 8.32 Å². The Hall–Kier alpha value is -0.643. The van der Waals surface area contributed by atoms with Gasteiger partial charge >= 0.3 is 0 Å². The third-order valence-electron chi connectivity index (χ3n) is 4.84. The van der Waals surface area contributed by atoms with Crippen molar-refractivity contribution in [1.29, 1.82) is 0 Å². The van der Waals surface area contributed by atoms with Gasteiger partial charge in [-0.2, -0.15) is 0 Å². The quantitative estimate of drug-likeness (QED) is 0.444. The van der Waals surface area contributed by atoms with Gasteiger partial charge in [0, 0.05) is 0 Å². The summed E-state index contributed by atoms with van der Waals surface area (Å²) in [6.07, 6.45) is 0.958. The van der Waals surface area contributed by atoms with Gasteiger partial charge in [-0.15, -0.1) is 0 Å². The van der Waals surface area contributed by atoms with Crippen LogP contribution in [-0.4, -0.2) is 57.2 Å². The second-order valence-electron chi connectivity index (χ2n) is 10.4. The Labute approximate surface area is 176 Å². The normalized spacial score (nSPS) is 36.5. The molecule has 8 heteroatoms. The van der Waals surface area contributed by atoms with Gasteiger partial charge in [0.15, 0.2) is 30.1 Å². The Morgan fingerprint density at radius 3 is 2.28 bits per heavy atom. The van der Waals surface area contributed by atoms with Crippen LogP contribution in [0.5, 0.6) is 0 Å². The van der Waals surface area contributed by atoms with E-state index in [-0.39, 0.29) is 18.3 Å². The van der Waals surface area contributed by atoms with Crippen LogP contribution in [0.3, 0.4) is 0 Å². The summed E-state index contributed by atoms with van der Waals surface area (Å²) in [6, 6.07) is 0. The van der Waals surface area contributed by atoms with Crippen molar-refractivity contribution in [3.8, 4) is 0 Å². The maximum atomic E-state index is 6.45. The fourth-order valence-electron chi connectivity index (χ4n) is 3.70. The van der Waals surface area contributed by atoms with Crippen molar-refractivity contribution in [2.24, 2.45) is 5.92 Å². The largest absolute Gasteiger partial charge is 0.520 e. The van der Waals surface area contributed by atoms with Crippen LogP contribution in [0.25, 0.3) is 0 Å². The standard InChI is InChI=1S/C21H38O7Si/c1-13(2)10-11-15(28-29(7,8)9)23-17-16(14-12-22-20(3,4)25-14)24-19-18(17)26-21(5,6)27-19/h11,13-14,16-19H,10,12H2,1-9H3/b15-11+/t14-,16-,17+,18-,19-/m1/s1. The van der Waals surface area contributed by atoms with E-state index in [1.54, 1.807) is 0 Å². The topological polar surface area (TPSA) is 64.6 Å². The van der Waals surface area contributed by atoms with Crippen LogP contribution in [0, 0.1) is 5.92 Å². The summed E-state index contributed by atoms with van der Waals surface area (Å²) in [6.45, 7) is 18.7. The summed E-state index contributed by atoms with van der Waals surface area (Å²) < 4.78 is 42.9. The molecule has 0 spiro atoms. The molecule has 3 saturated heterocycles. The molecule has 0 N–H and O–H groups in total. The van der Waals surface area contributed by atoms with E-state index in [0.29, 0.717) is 18.5 Å². The minimum absolute atomic E-state index is 0.269. The summed E-state index contributed by atoms with van der Waals surface area (Å²) in [5, 5.41) is 0. The third-order valence-corrected chi connectivity index (χ3v) is 5.65. The van der Waals surface area contributed by atoms with Gasteiger partial charge in [-0.05, 0) is 65.8 Å². The van der Waals surface area contributed by atoms with E-state index in [9.17, 15) is 0 Å². The predicted octanol–water partition coefficient (Wildman–Crippen LogP) is 4.14. The highest BCUT2D eigenvalue weighted by atomic mass is 28.4. The summed E-state index contributed by atoms with van der Waals surface area (Å²) in [7, 11) is -1.86. The maximum Gasteiger partial charge on any atom is 0.261 e. The Kier molecular flexibility index (Phi) is 6.45. The van der Waals surface area contributed by atoms with E-state index in [2.05, 4.69) is 33.5 Å². The van der Waals surface area contributed by atoms with Crippen LogP contribution in [0.2, 0.25) is 19.6 Å². The summed E-state index contributed by atoms with van der Waals surface area (Å²) in [5.74, 6) is -0.332. The lowest BCUT2D eigenvalue weighted by atomic mass is 10.1. The first-order valence-electron chi connectivity index (χ1n) is 10.6. The molecule has 0 radical (unpaired) electrons. The van der Waals surface area contributed by atoms with Gasteiger partial charge in [0.2, 0.25) is 8.32 Å². The van der Waals surface area contributed by atoms with E-state index in [4.69, 9.17) is 32.8 Å². The van der Waals surface area contributed by atoms with Crippen molar-refractivity contribution in [2.45, 2.75) is 110 Å². The lowest BCUT2D eigenvalue weighted by Gasteiger charge is -2.31. The molecule has 7 nitrogen and oxygen atoms in total. The van der Waals surface area contributed by atoms with Gasteiger partial charge in [-0.3, -0.25) is 0 Å². The molecular weight excluding hydrogens is 392 g/mol. The maximum absolute atomic E-state index is 6.45. The van der Waals surface area contributed by atoms with Crippen LogP contribution in [-0.2, 0) is 32.8 Å². The molecule has 0 aromatic carbocycles. The number of ether oxygens (including phenoxy) is 6. The fourth-order valence-corrected chi connectivity index (χ4v) is 4.43. The fraction of sp³-hybridized carbons (Fsp3) is 0.905. The minimum Gasteiger partial charge on any atom is -0.520 e. The molecule has 0 aromatic heterocycles. The average molecular weight is 431 g/mol. The number of allylic oxidation sites excluding steroid dienone is 1. The molecule has 0 amide bonds. The number of rotatable bonds is 7. The van der Waals surface area contributed by atoms with Gasteiger partial charge in [0.25, 0.3) is 5.95 Å². The minimum atomic E-state index is -1.86. The average Bonchev–Trinajstić information content (AvgIpc) is 3.14. The zero-order valence-corrected chi connectivity index (χ0v) is 20.3. The summed E-state index contributed by atoms with van der Waals surface area (Å²) in [5.41, 5.74) is 0. The van der Waals surface area contributed by atoms with Crippen LogP contribution < -0.4 is 0 Å². The Balaban J connectivity index is 1.82. The highest BCUT2D eigenvalue weighted by Crippen LogP contribution is 2.42. The highest BCUT2D eigenvalue weighted by Gasteiger charge is 2.60. The molecule has 5 atom stereocenters. The van der Waals surface area contributed by atoms with Crippen molar-refractivity contribution in [3.63, 3.8) is 0 Å². The van der Waals surface area contributed by atoms with E-state index in [1.165, 1.54) is 0 Å². The Morgan fingerprint density at radius 1 is 1.03 bits per heavy atom. The lowest BCUT2D eigenvalue weighted by molar-refractivity contribution is -0.235. The molecule has 3 aliphatic rings. The molecule has 0 unspecified atom stereocenters. The van der Waals surface area contributed by atoms with E-state index in [0.717, 1.165) is 6.42 Å². The van der Waals surface area contributed by atoms with Crippen LogP contribution >= 0.6 is 0 Å². The van der Waals surface area contributed by atoms with E-state index >= 15 is 0 Å². The van der Waals surface area contributed by atoms with Gasteiger partial charge in [0.1, 0.15) is 12.2 Å². The highest BCUT2D eigenvalue weighted by molar-refractivity contribution is 6.70. The van der Waals surface area contributed by atoms with Crippen LogP contribution in [0.1, 0.15) is 48.0 Å². The molecule has 0 aromatic rings. The summed E-state index contributed by atoms with van der Waals surface area (Å²) >= 11 is 0. The molecule has 3 rings (SSSR count). The van der Waals surface area contributed by atoms with Gasteiger partial charge in [-0.25, -0.2) is 0 Å². The Morgan fingerprint density at radius 2 is 1.72 bits per heavy atom. The molecule has 29 heavy (non-hydrogen) atoms. The second-order valence-corrected chi connectivity index (χ2v) is 14.8. The zero-order valence-electron chi connectivity index (χ0n) is 19.3. The molecule has 0 saturated carbocycles. The van der Waals surface area contributed by atoms with Gasteiger partial charge < -0.3 is 32.8 Å². The van der Waals surface area contributed by atoms with Crippen molar-refractivity contribution in [3.05, 3.63) is 12.0 Å². The van der Waals surface area contributed by atoms with Gasteiger partial charge in [0.05, 0.1) is 6.61 Å². The van der Waals surface area contributed by atoms with Gasteiger partial charge in [-0.1, -0.05) is 13.8 Å². The monoisotopic (exact) mass is 430 g/mol. The first-order valence-corrected chi connectivity index (χ1v) is 14.0. The third kappa shape index (κ3) is 5.95. The van der Waals surface area contributed by atoms with Crippen molar-refractivity contribution in [2.75, 3.05) is 6.61 Å². The number of hydrogen-bond acceptors (Lipinski definition) is 7. The van der Waals surface area contributed by atoms with Crippen LogP contribution in [0.4, 0.5) is 0 Å². The zero-order chi connectivity index (χ0) is 21.6. The van der Waals surface area contributed by atoms with Crippen LogP contribution in [0.15, 0.2) is 12.0 Å². The lowest BCUT2D eigenvalue weighted by Crippen LogP contribution is -2.44. The molecule has 3 fully saturated rings. The second kappa shape index (κ2) is 8.13. The molecule has 3 heterocycles.